The molecule has 0 saturated heterocycles. The Morgan fingerprint density at radius 1 is 1.12 bits per heavy atom. The Morgan fingerprint density at radius 2 is 1.88 bits per heavy atom. The van der Waals surface area contributed by atoms with Crippen LogP contribution in [0.25, 0.3) is 10.9 Å². The summed E-state index contributed by atoms with van der Waals surface area (Å²) in [6, 6.07) is 12.7. The molecule has 1 unspecified atom stereocenters. The zero-order valence-corrected chi connectivity index (χ0v) is 13.8. The highest BCUT2D eigenvalue weighted by Crippen LogP contribution is 2.28. The number of nitrogens with one attached hydrogen (secondary N) is 2. The lowest BCUT2D eigenvalue weighted by atomic mass is 10.0. The first kappa shape index (κ1) is 17.5. The Hall–Kier alpha value is -3.32. The molecule has 0 bridgehead atoms. The number of phenols is 1. The van der Waals surface area contributed by atoms with Crippen molar-refractivity contribution in [2.75, 3.05) is 6.61 Å². The number of hydrogen-bond acceptors (Lipinski definition) is 5. The zero-order chi connectivity index (χ0) is 18.5. The van der Waals surface area contributed by atoms with Gasteiger partial charge in [-0.1, -0.05) is 36.4 Å². The number of phenolic OH excluding ortho intramolecular Hbond substituents is 1. The van der Waals surface area contributed by atoms with Gasteiger partial charge in [0.25, 0.3) is 0 Å². The topological polar surface area (TPSA) is 112 Å². The van der Waals surface area contributed by atoms with Gasteiger partial charge in [0.1, 0.15) is 18.4 Å². The number of aromatic amines is 1. The van der Waals surface area contributed by atoms with E-state index in [1.54, 1.807) is 24.3 Å². The quantitative estimate of drug-likeness (QED) is 0.508. The summed E-state index contributed by atoms with van der Waals surface area (Å²) in [6.07, 6.45) is 0.622. The molecule has 7 heteroatoms. The number of aromatic hydroxyl groups is 1. The Labute approximate surface area is 149 Å². The van der Waals surface area contributed by atoms with Gasteiger partial charge in [0, 0.05) is 17.3 Å². The van der Waals surface area contributed by atoms with E-state index < -0.39 is 24.5 Å². The van der Waals surface area contributed by atoms with Crippen LogP contribution in [0.1, 0.15) is 15.9 Å². The van der Waals surface area contributed by atoms with Crippen LogP contribution in [-0.4, -0.2) is 39.7 Å². The summed E-state index contributed by atoms with van der Waals surface area (Å²) in [5.41, 5.74) is 1.56. The van der Waals surface area contributed by atoms with Crippen LogP contribution in [0.3, 0.4) is 0 Å². The molecule has 0 aliphatic rings. The Bertz CT molecular complexity index is 920. The monoisotopic (exact) mass is 354 g/mol. The van der Waals surface area contributed by atoms with E-state index in [-0.39, 0.29) is 17.9 Å². The van der Waals surface area contributed by atoms with Crippen molar-refractivity contribution < 1.29 is 24.5 Å². The number of aliphatic hydroxyl groups excluding tert-OH is 1. The van der Waals surface area contributed by atoms with Gasteiger partial charge in [0.15, 0.2) is 5.78 Å². The number of alkyl carbamates (subject to hydrolysis) is 1. The molecule has 1 heterocycles. The average Bonchev–Trinajstić information content (AvgIpc) is 3.10. The third-order valence-electron chi connectivity index (χ3n) is 3.95. The molecule has 3 rings (SSSR count). The van der Waals surface area contributed by atoms with E-state index in [0.717, 1.165) is 5.56 Å². The van der Waals surface area contributed by atoms with Crippen molar-refractivity contribution in [3.05, 3.63) is 65.9 Å². The maximum Gasteiger partial charge on any atom is 0.408 e. The van der Waals surface area contributed by atoms with Crippen molar-refractivity contribution in [1.29, 1.82) is 0 Å². The van der Waals surface area contributed by atoms with Crippen LogP contribution < -0.4 is 5.32 Å². The Morgan fingerprint density at radius 3 is 2.62 bits per heavy atom. The first-order valence-electron chi connectivity index (χ1n) is 8.01. The lowest BCUT2D eigenvalue weighted by Crippen LogP contribution is -2.43. The molecule has 0 spiro atoms. The summed E-state index contributed by atoms with van der Waals surface area (Å²) < 4.78 is 5.07. The van der Waals surface area contributed by atoms with Crippen molar-refractivity contribution in [2.24, 2.45) is 0 Å². The fourth-order valence-corrected chi connectivity index (χ4v) is 2.65. The third kappa shape index (κ3) is 3.68. The molecule has 26 heavy (non-hydrogen) atoms. The summed E-state index contributed by atoms with van der Waals surface area (Å²) in [7, 11) is 0. The average molecular weight is 354 g/mol. The SMILES string of the molecule is O=C(NC(CO)C(=O)c1c[nH]c2cccc(O)c12)OCc1ccccc1. The van der Waals surface area contributed by atoms with Gasteiger partial charge in [-0.2, -0.15) is 0 Å². The molecular formula is C19H18N2O5. The summed E-state index contributed by atoms with van der Waals surface area (Å²) in [6.45, 7) is -0.549. The number of aliphatic hydroxyl groups is 1. The lowest BCUT2D eigenvalue weighted by Gasteiger charge is -2.15. The lowest BCUT2D eigenvalue weighted by molar-refractivity contribution is 0.0865. The molecule has 0 aliphatic heterocycles. The van der Waals surface area contributed by atoms with Crippen molar-refractivity contribution in [1.82, 2.24) is 10.3 Å². The van der Waals surface area contributed by atoms with Gasteiger partial charge < -0.3 is 25.3 Å². The summed E-state index contributed by atoms with van der Waals surface area (Å²) in [4.78, 5) is 27.5. The number of carbonyl (C=O) groups excluding carboxylic acids is 2. The number of fused-ring (bicyclic) bond motifs is 1. The maximum atomic E-state index is 12.7. The fraction of sp³-hybridized carbons (Fsp3) is 0.158. The van der Waals surface area contributed by atoms with Crippen LogP contribution >= 0.6 is 0 Å². The van der Waals surface area contributed by atoms with Crippen LogP contribution in [-0.2, 0) is 11.3 Å². The minimum Gasteiger partial charge on any atom is -0.507 e. The largest absolute Gasteiger partial charge is 0.507 e. The van der Waals surface area contributed by atoms with Gasteiger partial charge in [-0.15, -0.1) is 0 Å². The molecule has 1 atom stereocenters. The molecule has 0 radical (unpaired) electrons. The number of Topliss-reactive ketones (excluding diaryl/α,β-unsaturated/α-hetero) is 1. The third-order valence-corrected chi connectivity index (χ3v) is 3.95. The van der Waals surface area contributed by atoms with Gasteiger partial charge >= 0.3 is 6.09 Å². The van der Waals surface area contributed by atoms with E-state index >= 15 is 0 Å². The second kappa shape index (κ2) is 7.71. The van der Waals surface area contributed by atoms with Crippen LogP contribution in [0, 0.1) is 0 Å². The fourth-order valence-electron chi connectivity index (χ4n) is 2.65. The minimum absolute atomic E-state index is 0.0485. The summed E-state index contributed by atoms with van der Waals surface area (Å²) >= 11 is 0. The number of benzene rings is 2. The maximum absolute atomic E-state index is 12.7. The number of ether oxygens (including phenoxy) is 1. The van der Waals surface area contributed by atoms with Gasteiger partial charge in [-0.25, -0.2) is 4.79 Å². The van der Waals surface area contributed by atoms with Gasteiger partial charge in [0.05, 0.1) is 12.0 Å². The second-order valence-electron chi connectivity index (χ2n) is 5.71. The molecule has 0 saturated carbocycles. The number of aromatic nitrogens is 1. The Kier molecular flexibility index (Phi) is 5.19. The van der Waals surface area contributed by atoms with Crippen LogP contribution in [0.15, 0.2) is 54.7 Å². The van der Waals surface area contributed by atoms with Crippen molar-refractivity contribution >= 4 is 22.8 Å². The second-order valence-corrected chi connectivity index (χ2v) is 5.71. The number of rotatable bonds is 6. The number of carbonyl (C=O) groups is 2. The smallest absolute Gasteiger partial charge is 0.408 e. The van der Waals surface area contributed by atoms with Crippen LogP contribution in [0.2, 0.25) is 0 Å². The van der Waals surface area contributed by atoms with Crippen LogP contribution in [0.4, 0.5) is 4.79 Å². The number of H-pyrrole nitrogens is 1. The van der Waals surface area contributed by atoms with Gasteiger partial charge in [-0.3, -0.25) is 4.79 Å². The van der Waals surface area contributed by atoms with Gasteiger partial charge in [0.2, 0.25) is 0 Å². The van der Waals surface area contributed by atoms with E-state index in [1.807, 2.05) is 18.2 Å². The minimum atomic E-state index is -1.18. The Balaban J connectivity index is 1.69. The summed E-state index contributed by atoms with van der Waals surface area (Å²) in [5.74, 6) is -0.590. The molecule has 7 nitrogen and oxygen atoms in total. The van der Waals surface area contributed by atoms with E-state index in [1.165, 1.54) is 12.3 Å². The molecule has 4 N–H and O–H groups in total. The predicted molar refractivity (Wildman–Crippen MR) is 94.9 cm³/mol. The van der Waals surface area contributed by atoms with Crippen molar-refractivity contribution in [3.63, 3.8) is 0 Å². The molecule has 1 amide bonds. The molecule has 134 valence electrons. The number of hydrogen-bond donors (Lipinski definition) is 4. The standard InChI is InChI=1S/C19H18N2O5/c22-10-15(21-19(25)26-11-12-5-2-1-3-6-12)18(24)13-9-20-14-7-4-8-16(23)17(13)14/h1-9,15,20,22-23H,10-11H2,(H,21,25). The highest BCUT2D eigenvalue weighted by molar-refractivity contribution is 6.12. The number of amides is 1. The van der Waals surface area contributed by atoms with Crippen molar-refractivity contribution in [3.8, 4) is 5.75 Å². The normalized spacial score (nSPS) is 11.9. The molecule has 0 aliphatic carbocycles. The molecular weight excluding hydrogens is 336 g/mol. The highest BCUT2D eigenvalue weighted by atomic mass is 16.5. The van der Waals surface area contributed by atoms with E-state index in [2.05, 4.69) is 10.3 Å². The van der Waals surface area contributed by atoms with E-state index in [4.69, 9.17) is 4.74 Å². The van der Waals surface area contributed by atoms with E-state index in [9.17, 15) is 19.8 Å². The molecule has 1 aromatic heterocycles. The van der Waals surface area contributed by atoms with Crippen LogP contribution in [0.5, 0.6) is 5.75 Å². The molecule has 2 aromatic carbocycles. The van der Waals surface area contributed by atoms with Crippen molar-refractivity contribution in [2.45, 2.75) is 12.6 Å². The first-order chi connectivity index (χ1) is 12.6. The first-order valence-corrected chi connectivity index (χ1v) is 8.01. The summed E-state index contributed by atoms with van der Waals surface area (Å²) in [5, 5.41) is 22.2. The zero-order valence-electron chi connectivity index (χ0n) is 13.8. The van der Waals surface area contributed by atoms with E-state index in [0.29, 0.717) is 10.9 Å². The predicted octanol–water partition coefficient (Wildman–Crippen LogP) is 2.34. The van der Waals surface area contributed by atoms with Gasteiger partial charge in [-0.05, 0) is 17.7 Å². The highest BCUT2D eigenvalue weighted by Gasteiger charge is 2.25. The molecule has 3 aromatic rings. The number of ketones is 1. The molecule has 0 fully saturated rings.